The molecule has 34 heavy (non-hydrogen) atoms. The van der Waals surface area contributed by atoms with E-state index in [-0.39, 0.29) is 24.5 Å². The Morgan fingerprint density at radius 1 is 1.35 bits per heavy atom. The van der Waals surface area contributed by atoms with Crippen molar-refractivity contribution in [1.29, 1.82) is 5.26 Å². The lowest BCUT2D eigenvalue weighted by Gasteiger charge is -2.22. The van der Waals surface area contributed by atoms with Gasteiger partial charge in [0.05, 0.1) is 17.8 Å². The van der Waals surface area contributed by atoms with Crippen LogP contribution in [0, 0.1) is 18.3 Å². The maximum Gasteiger partial charge on any atom is 0.407 e. The number of hydrogen-bond donors (Lipinski definition) is 2. The monoisotopic (exact) mass is 478 g/mol. The number of nitriles is 1. The van der Waals surface area contributed by atoms with E-state index in [4.69, 9.17) is 9.26 Å². The number of amides is 2. The van der Waals surface area contributed by atoms with Gasteiger partial charge in [-0.1, -0.05) is 42.4 Å². The Kier molecular flexibility index (Phi) is 7.28. The molecule has 1 aromatic carbocycles. The molecule has 9 heteroatoms. The van der Waals surface area contributed by atoms with Crippen LogP contribution in [0.5, 0.6) is 0 Å². The van der Waals surface area contributed by atoms with Crippen LogP contribution in [0.3, 0.4) is 0 Å². The Bertz CT molecular complexity index is 1210. The van der Waals surface area contributed by atoms with Crippen LogP contribution in [0.15, 0.2) is 40.9 Å². The summed E-state index contributed by atoms with van der Waals surface area (Å²) in [6.07, 6.45) is 1.25. The van der Waals surface area contributed by atoms with E-state index in [0.717, 1.165) is 21.7 Å². The molecule has 0 aliphatic heterocycles. The number of alkyl carbamates (subject to hydrolysis) is 1. The number of carbonyl (C=O) groups is 2. The zero-order valence-corrected chi connectivity index (χ0v) is 19.9. The summed E-state index contributed by atoms with van der Waals surface area (Å²) in [5, 5.41) is 19.7. The Balaban J connectivity index is 1.34. The van der Waals surface area contributed by atoms with Gasteiger partial charge in [-0.3, -0.25) is 4.79 Å². The normalized spacial score (nSPS) is 15.6. The van der Waals surface area contributed by atoms with Crippen molar-refractivity contribution in [1.82, 2.24) is 10.5 Å². The maximum absolute atomic E-state index is 12.7. The predicted molar refractivity (Wildman–Crippen MR) is 128 cm³/mol. The second-order valence-corrected chi connectivity index (χ2v) is 9.55. The number of nitrogens with one attached hydrogen (secondary N) is 2. The third-order valence-corrected chi connectivity index (χ3v) is 6.97. The minimum atomic E-state index is -0.525. The van der Waals surface area contributed by atoms with Gasteiger partial charge in [-0.25, -0.2) is 4.79 Å². The largest absolute Gasteiger partial charge is 0.446 e. The van der Waals surface area contributed by atoms with E-state index in [1.165, 1.54) is 11.3 Å². The van der Waals surface area contributed by atoms with Crippen LogP contribution in [0.1, 0.15) is 58.7 Å². The highest BCUT2D eigenvalue weighted by atomic mass is 32.1. The molecule has 3 aromatic rings. The van der Waals surface area contributed by atoms with Crippen molar-refractivity contribution in [3.8, 4) is 6.07 Å². The van der Waals surface area contributed by atoms with Gasteiger partial charge in [-0.05, 0) is 36.8 Å². The van der Waals surface area contributed by atoms with Crippen LogP contribution in [0.25, 0.3) is 0 Å². The van der Waals surface area contributed by atoms with Crippen molar-refractivity contribution >= 4 is 28.3 Å². The minimum absolute atomic E-state index is 0.0680. The van der Waals surface area contributed by atoms with E-state index in [9.17, 15) is 14.9 Å². The number of hydrogen-bond acceptors (Lipinski definition) is 7. The zero-order valence-electron chi connectivity index (χ0n) is 19.1. The standard InChI is InChI=1S/C25H26N4O4S/c1-15(17-6-4-3-5-7-17)10-23(30)28-24-21(13-26)20-9-8-18(12-22(20)34-24)32-25(31)27-14-19-11-16(2)29-33-19/h3-7,11,15,18H,8-10,12,14H2,1-2H3,(H,27,31)(H,28,30). The van der Waals surface area contributed by atoms with Crippen molar-refractivity contribution in [2.45, 2.75) is 58.1 Å². The third-order valence-electron chi connectivity index (χ3n) is 5.80. The van der Waals surface area contributed by atoms with Gasteiger partial charge in [0.1, 0.15) is 17.2 Å². The van der Waals surface area contributed by atoms with Gasteiger partial charge in [0.25, 0.3) is 0 Å². The molecule has 4 rings (SSSR count). The number of thiophene rings is 1. The summed E-state index contributed by atoms with van der Waals surface area (Å²) in [6.45, 7) is 4.02. The molecule has 0 spiro atoms. The van der Waals surface area contributed by atoms with Crippen molar-refractivity contribution in [2.75, 3.05) is 5.32 Å². The van der Waals surface area contributed by atoms with E-state index in [0.29, 0.717) is 42.0 Å². The van der Waals surface area contributed by atoms with Crippen molar-refractivity contribution in [2.24, 2.45) is 0 Å². The predicted octanol–water partition coefficient (Wildman–Crippen LogP) is 4.83. The highest BCUT2D eigenvalue weighted by Gasteiger charge is 2.28. The summed E-state index contributed by atoms with van der Waals surface area (Å²) in [4.78, 5) is 25.8. The lowest BCUT2D eigenvalue weighted by atomic mass is 9.93. The van der Waals surface area contributed by atoms with E-state index < -0.39 is 6.09 Å². The van der Waals surface area contributed by atoms with E-state index in [2.05, 4.69) is 21.9 Å². The van der Waals surface area contributed by atoms with Crippen LogP contribution in [-0.4, -0.2) is 23.3 Å². The van der Waals surface area contributed by atoms with Gasteiger partial charge in [0, 0.05) is 23.8 Å². The van der Waals surface area contributed by atoms with Gasteiger partial charge < -0.3 is 19.9 Å². The Hall–Kier alpha value is -3.64. The highest BCUT2D eigenvalue weighted by molar-refractivity contribution is 7.16. The maximum atomic E-state index is 12.7. The highest BCUT2D eigenvalue weighted by Crippen LogP contribution is 2.38. The molecule has 1 aliphatic rings. The summed E-state index contributed by atoms with van der Waals surface area (Å²) in [7, 11) is 0. The molecule has 0 bridgehead atoms. The first kappa shape index (κ1) is 23.5. The van der Waals surface area contributed by atoms with E-state index in [1.807, 2.05) is 44.2 Å². The second-order valence-electron chi connectivity index (χ2n) is 8.44. The van der Waals surface area contributed by atoms with Gasteiger partial charge in [-0.15, -0.1) is 11.3 Å². The molecule has 2 N–H and O–H groups in total. The summed E-state index contributed by atoms with van der Waals surface area (Å²) in [5.74, 6) is 0.499. The fourth-order valence-corrected chi connectivity index (χ4v) is 5.35. The first-order chi connectivity index (χ1) is 16.4. The molecule has 1 aliphatic carbocycles. The Morgan fingerprint density at radius 3 is 2.85 bits per heavy atom. The summed E-state index contributed by atoms with van der Waals surface area (Å²) >= 11 is 1.39. The lowest BCUT2D eigenvalue weighted by Crippen LogP contribution is -2.31. The molecule has 8 nitrogen and oxygen atoms in total. The van der Waals surface area contributed by atoms with Gasteiger partial charge in [0.2, 0.25) is 5.91 Å². The number of aromatic nitrogens is 1. The van der Waals surface area contributed by atoms with Crippen LogP contribution >= 0.6 is 11.3 Å². The van der Waals surface area contributed by atoms with Crippen molar-refractivity contribution in [3.05, 3.63) is 69.4 Å². The number of carbonyl (C=O) groups excluding carboxylic acids is 2. The molecule has 2 aromatic heterocycles. The van der Waals surface area contributed by atoms with Crippen molar-refractivity contribution < 1.29 is 18.8 Å². The number of nitrogens with zero attached hydrogens (tertiary/aromatic N) is 2. The van der Waals surface area contributed by atoms with Crippen LogP contribution in [-0.2, 0) is 28.9 Å². The number of anilines is 1. The number of ether oxygens (including phenoxy) is 1. The number of aryl methyl sites for hydroxylation is 1. The molecule has 2 unspecified atom stereocenters. The smallest absolute Gasteiger partial charge is 0.407 e. The number of fused-ring (bicyclic) bond motifs is 1. The zero-order chi connectivity index (χ0) is 24.1. The molecule has 2 atom stereocenters. The Labute approximate surface area is 201 Å². The number of rotatable bonds is 7. The van der Waals surface area contributed by atoms with Crippen LogP contribution in [0.4, 0.5) is 9.80 Å². The summed E-state index contributed by atoms with van der Waals surface area (Å²) < 4.78 is 10.6. The number of benzene rings is 1. The lowest BCUT2D eigenvalue weighted by molar-refractivity contribution is -0.116. The van der Waals surface area contributed by atoms with E-state index in [1.54, 1.807) is 6.07 Å². The van der Waals surface area contributed by atoms with Gasteiger partial charge in [0.15, 0.2) is 5.76 Å². The molecule has 0 saturated heterocycles. The molecule has 2 heterocycles. The third kappa shape index (κ3) is 5.64. The first-order valence-electron chi connectivity index (χ1n) is 11.2. The van der Waals surface area contributed by atoms with Crippen molar-refractivity contribution in [3.63, 3.8) is 0 Å². The molecule has 2 amide bonds. The fourth-order valence-electron chi connectivity index (χ4n) is 4.07. The molecular formula is C25H26N4O4S. The molecule has 176 valence electrons. The summed E-state index contributed by atoms with van der Waals surface area (Å²) in [6, 6.07) is 13.9. The van der Waals surface area contributed by atoms with E-state index >= 15 is 0 Å². The second kappa shape index (κ2) is 10.5. The Morgan fingerprint density at radius 2 is 2.15 bits per heavy atom. The molecular weight excluding hydrogens is 452 g/mol. The van der Waals surface area contributed by atoms with Gasteiger partial charge >= 0.3 is 6.09 Å². The van der Waals surface area contributed by atoms with Crippen LogP contribution < -0.4 is 10.6 Å². The molecule has 0 saturated carbocycles. The quantitative estimate of drug-likeness (QED) is 0.502. The van der Waals surface area contributed by atoms with Crippen LogP contribution in [0.2, 0.25) is 0 Å². The SMILES string of the molecule is Cc1cc(CNC(=O)OC2CCc3c(sc(NC(=O)CC(C)c4ccccc4)c3C#N)C2)on1. The molecule has 0 radical (unpaired) electrons. The minimum Gasteiger partial charge on any atom is -0.446 e. The molecule has 0 fully saturated rings. The average Bonchev–Trinajstić information content (AvgIpc) is 3.40. The first-order valence-corrected chi connectivity index (χ1v) is 12.0. The fraction of sp³-hybridized carbons (Fsp3) is 0.360. The summed E-state index contributed by atoms with van der Waals surface area (Å²) in [5.41, 5.74) is 3.30. The average molecular weight is 479 g/mol. The van der Waals surface area contributed by atoms with Gasteiger partial charge in [-0.2, -0.15) is 5.26 Å². The topological polar surface area (TPSA) is 117 Å².